The number of aromatic amines is 1. The number of H-pyrrole nitrogens is 1. The van der Waals surface area contributed by atoms with Crippen molar-refractivity contribution in [2.45, 2.75) is 12.0 Å². The fourth-order valence-electron chi connectivity index (χ4n) is 4.18. The van der Waals surface area contributed by atoms with E-state index in [0.29, 0.717) is 5.02 Å². The molecule has 1 aromatic heterocycles. The molecule has 1 amide bonds. The lowest BCUT2D eigenvalue weighted by molar-refractivity contribution is -0.126. The number of hydrogen-bond donors (Lipinski definition) is 1. The Kier molecular flexibility index (Phi) is 4.29. The van der Waals surface area contributed by atoms with Crippen molar-refractivity contribution in [3.63, 3.8) is 0 Å². The van der Waals surface area contributed by atoms with Crippen LogP contribution in [0, 0.1) is 0 Å². The lowest BCUT2D eigenvalue weighted by Gasteiger charge is -2.47. The number of nitrogens with zero attached hydrogens (tertiary/aromatic N) is 1. The first-order chi connectivity index (χ1) is 14.2. The molecule has 29 heavy (non-hydrogen) atoms. The van der Waals surface area contributed by atoms with Gasteiger partial charge in [-0.3, -0.25) is 4.79 Å². The fourth-order valence-corrected chi connectivity index (χ4v) is 4.30. The molecule has 0 bridgehead atoms. The summed E-state index contributed by atoms with van der Waals surface area (Å²) in [5.41, 5.74) is 3.97. The topological polar surface area (TPSA) is 45.3 Å². The van der Waals surface area contributed by atoms with Crippen molar-refractivity contribution in [1.82, 2.24) is 4.98 Å². The average Bonchev–Trinajstić information content (AvgIpc) is 3.17. The summed E-state index contributed by atoms with van der Waals surface area (Å²) in [4.78, 5) is 18.5. The second-order valence-electron chi connectivity index (χ2n) is 7.17. The van der Waals surface area contributed by atoms with E-state index in [4.69, 9.17) is 16.3 Å². The molecule has 2 unspecified atom stereocenters. The smallest absolute Gasteiger partial charge is 0.237 e. The zero-order chi connectivity index (χ0) is 20.0. The largest absolute Gasteiger partial charge is 0.497 e. The van der Waals surface area contributed by atoms with Gasteiger partial charge in [0, 0.05) is 27.8 Å². The van der Waals surface area contributed by atoms with E-state index < -0.39 is 0 Å². The molecule has 2 atom stereocenters. The highest BCUT2D eigenvalue weighted by molar-refractivity contribution is 6.30. The van der Waals surface area contributed by atoms with Crippen LogP contribution in [0.2, 0.25) is 5.02 Å². The molecule has 0 aliphatic carbocycles. The third-order valence-electron chi connectivity index (χ3n) is 5.62. The Balaban J connectivity index is 1.60. The Labute approximate surface area is 173 Å². The van der Waals surface area contributed by atoms with E-state index in [0.717, 1.165) is 33.5 Å². The van der Waals surface area contributed by atoms with E-state index in [2.05, 4.69) is 11.1 Å². The monoisotopic (exact) mass is 402 g/mol. The van der Waals surface area contributed by atoms with Gasteiger partial charge in [-0.15, -0.1) is 0 Å². The number of β-lactam (4-membered cyclic amide) rings is 1. The van der Waals surface area contributed by atoms with Crippen molar-refractivity contribution in [3.05, 3.63) is 95.1 Å². The molecule has 5 rings (SSSR count). The Bertz CT molecular complexity index is 1180. The SMILES string of the molecule is COc1ccc(N2C(=O)C(c3c[nH]c4ccccc34)C2c2ccc(Cl)cc2)cc1. The van der Waals surface area contributed by atoms with Crippen LogP contribution in [-0.4, -0.2) is 18.0 Å². The zero-order valence-electron chi connectivity index (χ0n) is 15.8. The van der Waals surface area contributed by atoms with Crippen LogP contribution in [0.4, 0.5) is 5.69 Å². The maximum absolute atomic E-state index is 13.4. The number of carbonyl (C=O) groups excluding carboxylic acids is 1. The first-order valence-corrected chi connectivity index (χ1v) is 9.84. The van der Waals surface area contributed by atoms with Gasteiger partial charge >= 0.3 is 0 Å². The second-order valence-corrected chi connectivity index (χ2v) is 7.61. The van der Waals surface area contributed by atoms with Crippen LogP contribution < -0.4 is 9.64 Å². The minimum Gasteiger partial charge on any atom is -0.497 e. The molecule has 1 N–H and O–H groups in total. The van der Waals surface area contributed by atoms with Gasteiger partial charge in [-0.2, -0.15) is 0 Å². The van der Waals surface area contributed by atoms with Crippen molar-refractivity contribution >= 4 is 34.1 Å². The summed E-state index contributed by atoms with van der Waals surface area (Å²) < 4.78 is 5.26. The Morgan fingerprint density at radius 3 is 2.41 bits per heavy atom. The minimum absolute atomic E-state index is 0.0832. The van der Waals surface area contributed by atoms with E-state index >= 15 is 0 Å². The van der Waals surface area contributed by atoms with E-state index in [9.17, 15) is 4.79 Å². The van der Waals surface area contributed by atoms with Gasteiger partial charge in [-0.1, -0.05) is 41.9 Å². The molecule has 3 aromatic carbocycles. The van der Waals surface area contributed by atoms with Gasteiger partial charge in [-0.05, 0) is 53.6 Å². The lowest BCUT2D eigenvalue weighted by Crippen LogP contribution is -2.53. The molecule has 4 aromatic rings. The molecule has 1 aliphatic heterocycles. The van der Waals surface area contributed by atoms with Gasteiger partial charge in [-0.25, -0.2) is 0 Å². The predicted molar refractivity (Wildman–Crippen MR) is 116 cm³/mol. The van der Waals surface area contributed by atoms with Crippen LogP contribution in [-0.2, 0) is 4.79 Å². The molecule has 144 valence electrons. The van der Waals surface area contributed by atoms with Gasteiger partial charge in [0.1, 0.15) is 5.75 Å². The molecule has 5 heteroatoms. The highest BCUT2D eigenvalue weighted by Gasteiger charge is 2.50. The summed E-state index contributed by atoms with van der Waals surface area (Å²) >= 11 is 6.11. The molecule has 0 spiro atoms. The number of anilines is 1. The summed E-state index contributed by atoms with van der Waals surface area (Å²) in [6.07, 6.45) is 1.96. The van der Waals surface area contributed by atoms with Crippen LogP contribution >= 0.6 is 11.6 Å². The van der Waals surface area contributed by atoms with Gasteiger partial charge in [0.25, 0.3) is 0 Å². The molecule has 4 nitrogen and oxygen atoms in total. The molecule has 0 saturated carbocycles. The van der Waals surface area contributed by atoms with Gasteiger partial charge in [0.15, 0.2) is 0 Å². The number of hydrogen-bond acceptors (Lipinski definition) is 2. The van der Waals surface area contributed by atoms with Crippen LogP contribution in [0.1, 0.15) is 23.1 Å². The summed E-state index contributed by atoms with van der Waals surface area (Å²) in [6.45, 7) is 0. The minimum atomic E-state index is -0.255. The number of methoxy groups -OCH3 is 1. The fraction of sp³-hybridized carbons (Fsp3) is 0.125. The van der Waals surface area contributed by atoms with Crippen molar-refractivity contribution < 1.29 is 9.53 Å². The Morgan fingerprint density at radius 1 is 0.966 bits per heavy atom. The number of ether oxygens (including phenoxy) is 1. The number of aromatic nitrogens is 1. The molecular weight excluding hydrogens is 384 g/mol. The van der Waals surface area contributed by atoms with Crippen LogP contribution in [0.5, 0.6) is 5.75 Å². The van der Waals surface area contributed by atoms with Crippen LogP contribution in [0.3, 0.4) is 0 Å². The van der Waals surface area contributed by atoms with E-state index in [1.165, 1.54) is 0 Å². The van der Waals surface area contributed by atoms with Gasteiger partial charge in [0.05, 0.1) is 19.1 Å². The first kappa shape index (κ1) is 17.8. The number of amides is 1. The summed E-state index contributed by atoms with van der Waals surface area (Å²) in [7, 11) is 1.63. The van der Waals surface area contributed by atoms with Gasteiger partial charge in [0.2, 0.25) is 5.91 Å². The third kappa shape index (κ3) is 2.88. The maximum atomic E-state index is 13.4. The number of para-hydroxylation sites is 1. The van der Waals surface area contributed by atoms with Crippen molar-refractivity contribution in [2.75, 3.05) is 12.0 Å². The number of nitrogens with one attached hydrogen (secondary N) is 1. The van der Waals surface area contributed by atoms with Crippen molar-refractivity contribution in [2.24, 2.45) is 0 Å². The number of carbonyl (C=O) groups is 1. The second kappa shape index (κ2) is 6.98. The van der Waals surface area contributed by atoms with E-state index in [1.807, 2.05) is 77.8 Å². The molecule has 1 fully saturated rings. The first-order valence-electron chi connectivity index (χ1n) is 9.46. The zero-order valence-corrected chi connectivity index (χ0v) is 16.6. The average molecular weight is 403 g/mol. The highest BCUT2D eigenvalue weighted by atomic mass is 35.5. The normalized spacial score (nSPS) is 18.7. The maximum Gasteiger partial charge on any atom is 0.237 e. The van der Waals surface area contributed by atoms with Crippen molar-refractivity contribution in [3.8, 4) is 5.75 Å². The van der Waals surface area contributed by atoms with Crippen molar-refractivity contribution in [1.29, 1.82) is 0 Å². The standard InChI is InChI=1S/C24H19ClN2O2/c1-29-18-12-10-17(11-13-18)27-23(15-6-8-16(25)9-7-15)22(24(27)28)20-14-26-21-5-3-2-4-19(20)21/h2-14,22-23,26H,1H3. The number of fused-ring (bicyclic) bond motifs is 1. The van der Waals surface area contributed by atoms with Crippen LogP contribution in [0.15, 0.2) is 79.0 Å². The van der Waals surface area contributed by atoms with E-state index in [-0.39, 0.29) is 17.9 Å². The van der Waals surface area contributed by atoms with E-state index in [1.54, 1.807) is 7.11 Å². The molecular formula is C24H19ClN2O2. The number of rotatable bonds is 4. The van der Waals surface area contributed by atoms with Crippen LogP contribution in [0.25, 0.3) is 10.9 Å². The molecule has 2 heterocycles. The number of halogens is 1. The Hall–Kier alpha value is -3.24. The summed E-state index contributed by atoms with van der Waals surface area (Å²) in [6, 6.07) is 23.3. The molecule has 1 aliphatic rings. The quantitative estimate of drug-likeness (QED) is 0.445. The predicted octanol–water partition coefficient (Wildman–Crippen LogP) is 5.70. The Morgan fingerprint density at radius 2 is 1.69 bits per heavy atom. The molecule has 0 radical (unpaired) electrons. The summed E-state index contributed by atoms with van der Waals surface area (Å²) in [5, 5.41) is 1.76. The summed E-state index contributed by atoms with van der Waals surface area (Å²) in [5.74, 6) is 0.590. The highest BCUT2D eigenvalue weighted by Crippen LogP contribution is 2.50. The van der Waals surface area contributed by atoms with Gasteiger partial charge < -0.3 is 14.6 Å². The molecule has 1 saturated heterocycles. The number of benzene rings is 3. The lowest BCUT2D eigenvalue weighted by atomic mass is 9.77. The third-order valence-corrected chi connectivity index (χ3v) is 5.87.